The van der Waals surface area contributed by atoms with Gasteiger partial charge in [-0.3, -0.25) is 4.90 Å². The van der Waals surface area contributed by atoms with Crippen LogP contribution in [0.2, 0.25) is 0 Å². The fourth-order valence-electron chi connectivity index (χ4n) is 4.28. The van der Waals surface area contributed by atoms with Crippen LogP contribution in [0.5, 0.6) is 5.75 Å². The first-order valence-electron chi connectivity index (χ1n) is 10.5. The second-order valence-electron chi connectivity index (χ2n) is 7.58. The smallest absolute Gasteiger partial charge is 0.227 e. The van der Waals surface area contributed by atoms with Gasteiger partial charge in [-0.2, -0.15) is 0 Å². The van der Waals surface area contributed by atoms with E-state index in [9.17, 15) is 0 Å². The van der Waals surface area contributed by atoms with Gasteiger partial charge in [-0.1, -0.05) is 12.8 Å². The van der Waals surface area contributed by atoms with Crippen molar-refractivity contribution in [2.24, 2.45) is 0 Å². The Morgan fingerprint density at radius 1 is 1.18 bits per heavy atom. The van der Waals surface area contributed by atoms with Crippen LogP contribution < -0.4 is 15.0 Å². The Kier molecular flexibility index (Phi) is 5.62. The summed E-state index contributed by atoms with van der Waals surface area (Å²) in [6, 6.07) is 4.97. The second-order valence-corrected chi connectivity index (χ2v) is 8.43. The molecule has 1 aromatic carbocycles. The molecule has 0 bridgehead atoms. The summed E-state index contributed by atoms with van der Waals surface area (Å²) in [5.41, 5.74) is 3.12. The summed E-state index contributed by atoms with van der Waals surface area (Å²) in [4.78, 5) is 13.5. The van der Waals surface area contributed by atoms with Gasteiger partial charge in [0.05, 0.1) is 18.6 Å². The number of rotatable bonds is 5. The Bertz CT molecular complexity index is 866. The van der Waals surface area contributed by atoms with E-state index in [0.29, 0.717) is 10.4 Å². The maximum Gasteiger partial charge on any atom is 0.227 e. The van der Waals surface area contributed by atoms with E-state index in [1.165, 1.54) is 25.7 Å². The normalized spacial score (nSPS) is 19.0. The third-order valence-electron chi connectivity index (χ3n) is 5.84. The number of anilines is 3. The highest BCUT2D eigenvalue weighted by Crippen LogP contribution is 2.36. The molecule has 6 nitrogen and oxygen atoms in total. The molecule has 7 heteroatoms. The van der Waals surface area contributed by atoms with Crippen LogP contribution in [0.3, 0.4) is 0 Å². The SMILES string of the molecule is [2H]c1nc(Nc2cc(OC)c(N3CCN(C4CCCC4)CC3)cc2C)ncc1Br. The highest BCUT2D eigenvalue weighted by molar-refractivity contribution is 9.10. The van der Waals surface area contributed by atoms with Crippen LogP contribution in [0.25, 0.3) is 0 Å². The molecular weight excluding hydrogens is 418 g/mol. The average Bonchev–Trinajstić information content (AvgIpc) is 3.27. The summed E-state index contributed by atoms with van der Waals surface area (Å²) in [6.45, 7) is 6.35. The van der Waals surface area contributed by atoms with Crippen molar-refractivity contribution < 1.29 is 6.11 Å². The molecule has 1 aliphatic heterocycles. The third kappa shape index (κ3) is 4.25. The van der Waals surface area contributed by atoms with Gasteiger partial charge in [-0.25, -0.2) is 9.97 Å². The molecule has 0 atom stereocenters. The standard InChI is InChI=1S/C21H28BrN5O/c1-15-11-19(27-9-7-26(8-10-27)17-5-3-4-6-17)20(28-2)12-18(15)25-21-23-13-16(22)14-24-21/h11-14,17H,3-10H2,1-2H3,(H,23,24,25)/i13D. The fourth-order valence-corrected chi connectivity index (χ4v) is 4.47. The summed E-state index contributed by atoms with van der Waals surface area (Å²) in [6.07, 6.45) is 7.24. The van der Waals surface area contributed by atoms with Crippen molar-refractivity contribution in [2.75, 3.05) is 43.5 Å². The number of ether oxygens (including phenoxy) is 1. The lowest BCUT2D eigenvalue weighted by molar-refractivity contribution is 0.187. The lowest BCUT2D eigenvalue weighted by Gasteiger charge is -2.39. The molecule has 0 spiro atoms. The largest absolute Gasteiger partial charge is 0.495 e. The van der Waals surface area contributed by atoms with Crippen LogP contribution in [0.4, 0.5) is 17.3 Å². The molecule has 2 aromatic rings. The molecule has 1 saturated carbocycles. The topological polar surface area (TPSA) is 53.5 Å². The van der Waals surface area contributed by atoms with E-state index in [1.54, 1.807) is 13.3 Å². The number of aryl methyl sites for hydroxylation is 1. The molecule has 1 aliphatic carbocycles. The van der Waals surface area contributed by atoms with Gasteiger partial charge in [0.1, 0.15) is 5.75 Å². The van der Waals surface area contributed by atoms with Crippen LogP contribution in [-0.4, -0.2) is 54.2 Å². The Hall–Kier alpha value is -1.86. The first-order valence-corrected chi connectivity index (χ1v) is 10.8. The molecule has 28 heavy (non-hydrogen) atoms. The Morgan fingerprint density at radius 2 is 1.93 bits per heavy atom. The van der Waals surface area contributed by atoms with E-state index >= 15 is 0 Å². The predicted octanol–water partition coefficient (Wildman–Crippen LogP) is 4.36. The monoisotopic (exact) mass is 446 g/mol. The van der Waals surface area contributed by atoms with Gasteiger partial charge >= 0.3 is 0 Å². The summed E-state index contributed by atoms with van der Waals surface area (Å²) < 4.78 is 14.1. The van der Waals surface area contributed by atoms with E-state index in [0.717, 1.165) is 54.9 Å². The van der Waals surface area contributed by atoms with Crippen molar-refractivity contribution in [1.82, 2.24) is 14.9 Å². The Balaban J connectivity index is 1.49. The van der Waals surface area contributed by atoms with Crippen LogP contribution in [0.1, 0.15) is 32.6 Å². The highest BCUT2D eigenvalue weighted by atomic mass is 79.9. The van der Waals surface area contributed by atoms with E-state index in [-0.39, 0.29) is 6.17 Å². The summed E-state index contributed by atoms with van der Waals surface area (Å²) in [5, 5.41) is 3.22. The van der Waals surface area contributed by atoms with Gasteiger partial charge < -0.3 is 15.0 Å². The summed E-state index contributed by atoms with van der Waals surface area (Å²) in [5.74, 6) is 1.25. The number of halogens is 1. The number of hydrogen-bond donors (Lipinski definition) is 1. The van der Waals surface area contributed by atoms with Crippen molar-refractivity contribution in [2.45, 2.75) is 38.6 Å². The molecule has 1 N–H and O–H groups in total. The number of nitrogens with zero attached hydrogens (tertiary/aromatic N) is 4. The zero-order valence-corrected chi connectivity index (χ0v) is 18.1. The van der Waals surface area contributed by atoms with Crippen LogP contribution in [0, 0.1) is 6.92 Å². The van der Waals surface area contributed by atoms with E-state index in [2.05, 4.69) is 54.0 Å². The molecule has 1 aromatic heterocycles. The van der Waals surface area contributed by atoms with Gasteiger partial charge in [0.15, 0.2) is 0 Å². The number of methoxy groups -OCH3 is 1. The Labute approximate surface area is 176 Å². The van der Waals surface area contributed by atoms with E-state index in [1.807, 2.05) is 6.07 Å². The van der Waals surface area contributed by atoms with Gasteiger partial charge in [-0.15, -0.1) is 0 Å². The first-order chi connectivity index (χ1) is 14.0. The van der Waals surface area contributed by atoms with Crippen molar-refractivity contribution in [3.63, 3.8) is 0 Å². The second kappa shape index (κ2) is 8.66. The number of aromatic nitrogens is 2. The van der Waals surface area contributed by atoms with Crippen molar-refractivity contribution >= 4 is 33.3 Å². The summed E-state index contributed by atoms with van der Waals surface area (Å²) in [7, 11) is 1.71. The van der Waals surface area contributed by atoms with E-state index < -0.39 is 0 Å². The fraction of sp³-hybridized carbons (Fsp3) is 0.524. The molecule has 150 valence electrons. The molecule has 0 radical (unpaired) electrons. The molecule has 2 aliphatic rings. The molecule has 0 unspecified atom stereocenters. The summed E-state index contributed by atoms with van der Waals surface area (Å²) >= 11 is 3.26. The average molecular weight is 447 g/mol. The molecule has 4 rings (SSSR count). The minimum absolute atomic E-state index is 0.156. The van der Waals surface area contributed by atoms with Gasteiger partial charge in [0, 0.05) is 56.3 Å². The van der Waals surface area contributed by atoms with Crippen LogP contribution in [-0.2, 0) is 0 Å². The van der Waals surface area contributed by atoms with Crippen molar-refractivity contribution in [1.29, 1.82) is 0 Å². The lowest BCUT2D eigenvalue weighted by Crippen LogP contribution is -2.49. The number of hydrogen-bond acceptors (Lipinski definition) is 6. The van der Waals surface area contributed by atoms with Crippen LogP contribution >= 0.6 is 15.9 Å². The third-order valence-corrected chi connectivity index (χ3v) is 6.22. The van der Waals surface area contributed by atoms with Gasteiger partial charge in [-0.05, 0) is 47.3 Å². The minimum Gasteiger partial charge on any atom is -0.495 e. The van der Waals surface area contributed by atoms with Gasteiger partial charge in [0.2, 0.25) is 5.95 Å². The number of piperazine rings is 1. The Morgan fingerprint density at radius 3 is 2.61 bits per heavy atom. The molecule has 2 heterocycles. The zero-order valence-electron chi connectivity index (χ0n) is 17.5. The van der Waals surface area contributed by atoms with Gasteiger partial charge in [0.25, 0.3) is 0 Å². The highest BCUT2D eigenvalue weighted by Gasteiger charge is 2.27. The van der Waals surface area contributed by atoms with Crippen LogP contribution in [0.15, 0.2) is 29.0 Å². The maximum atomic E-state index is 7.83. The van der Waals surface area contributed by atoms with Crippen molar-refractivity contribution in [3.8, 4) is 5.75 Å². The molecule has 2 fully saturated rings. The zero-order chi connectivity index (χ0) is 20.4. The molecular formula is C21H28BrN5O. The first kappa shape index (κ1) is 18.2. The molecule has 0 amide bonds. The lowest BCUT2D eigenvalue weighted by atomic mass is 10.1. The number of nitrogens with one attached hydrogen (secondary N) is 1. The van der Waals surface area contributed by atoms with E-state index in [4.69, 9.17) is 6.11 Å². The predicted molar refractivity (Wildman–Crippen MR) is 117 cm³/mol. The maximum absolute atomic E-state index is 7.83. The minimum atomic E-state index is 0.156. The molecule has 1 saturated heterocycles. The number of benzene rings is 1. The quantitative estimate of drug-likeness (QED) is 0.735. The van der Waals surface area contributed by atoms with Crippen molar-refractivity contribution in [3.05, 3.63) is 34.5 Å².